The first-order valence-electron chi connectivity index (χ1n) is 9.63. The van der Waals surface area contributed by atoms with Crippen LogP contribution in [0.3, 0.4) is 0 Å². The summed E-state index contributed by atoms with van der Waals surface area (Å²) in [6.45, 7) is 12.5. The number of carbonyl (C=O) groups excluding carboxylic acids is 1. The summed E-state index contributed by atoms with van der Waals surface area (Å²) in [5, 5.41) is 0.886. The van der Waals surface area contributed by atoms with E-state index in [2.05, 4.69) is 51.6 Å². The first-order valence-corrected chi connectivity index (χ1v) is 11.7. The van der Waals surface area contributed by atoms with Gasteiger partial charge in [0, 0.05) is 0 Å². The van der Waals surface area contributed by atoms with Crippen molar-refractivity contribution in [3.63, 3.8) is 0 Å². The van der Waals surface area contributed by atoms with Crippen molar-refractivity contribution in [1.29, 1.82) is 0 Å². The third-order valence-electron chi connectivity index (χ3n) is 5.92. The first kappa shape index (κ1) is 19.7. The Balaban J connectivity index is 1.85. The second-order valence-electron chi connectivity index (χ2n) is 8.39. The SMILES string of the molecule is C=C(C)C(=O)N1[C@H](C[Se]c2ccccc2)O[C@@H]2C[C@H](C)CC[C@H]2C1(C)C. The predicted molar refractivity (Wildman–Crippen MR) is 108 cm³/mol. The molecule has 2 fully saturated rings. The Morgan fingerprint density at radius 2 is 2.00 bits per heavy atom. The number of ether oxygens (including phenoxy) is 1. The van der Waals surface area contributed by atoms with E-state index in [4.69, 9.17) is 4.74 Å². The summed E-state index contributed by atoms with van der Waals surface area (Å²) in [6.07, 6.45) is 3.58. The van der Waals surface area contributed by atoms with Crippen LogP contribution in [0.1, 0.15) is 47.0 Å². The van der Waals surface area contributed by atoms with E-state index in [9.17, 15) is 4.79 Å². The van der Waals surface area contributed by atoms with E-state index < -0.39 is 0 Å². The van der Waals surface area contributed by atoms with Gasteiger partial charge < -0.3 is 0 Å². The number of hydrogen-bond acceptors (Lipinski definition) is 2. The fourth-order valence-electron chi connectivity index (χ4n) is 4.50. The molecule has 1 saturated heterocycles. The molecule has 1 heterocycles. The molecule has 0 radical (unpaired) electrons. The number of carbonyl (C=O) groups is 1. The van der Waals surface area contributed by atoms with Crippen molar-refractivity contribution in [2.75, 3.05) is 0 Å². The summed E-state index contributed by atoms with van der Waals surface area (Å²) in [6, 6.07) is 10.6. The molecule has 4 atom stereocenters. The third kappa shape index (κ3) is 3.93. The number of benzene rings is 1. The molecule has 1 saturated carbocycles. The summed E-state index contributed by atoms with van der Waals surface area (Å²) in [5.41, 5.74) is 0.401. The van der Waals surface area contributed by atoms with E-state index >= 15 is 0 Å². The van der Waals surface area contributed by atoms with E-state index in [1.165, 1.54) is 10.9 Å². The monoisotopic (exact) mass is 421 g/mol. The molecular formula is C22H31NO2Se. The zero-order valence-electron chi connectivity index (χ0n) is 16.4. The van der Waals surface area contributed by atoms with Gasteiger partial charge in [0.05, 0.1) is 0 Å². The van der Waals surface area contributed by atoms with Crippen molar-refractivity contribution in [1.82, 2.24) is 4.90 Å². The van der Waals surface area contributed by atoms with Gasteiger partial charge in [-0.15, -0.1) is 0 Å². The van der Waals surface area contributed by atoms with Gasteiger partial charge in [0.25, 0.3) is 0 Å². The first-order chi connectivity index (χ1) is 12.3. The quantitative estimate of drug-likeness (QED) is 0.548. The maximum absolute atomic E-state index is 13.0. The van der Waals surface area contributed by atoms with Crippen LogP contribution in [-0.4, -0.2) is 43.6 Å². The average Bonchev–Trinajstić information content (AvgIpc) is 2.59. The second kappa shape index (κ2) is 7.88. The van der Waals surface area contributed by atoms with Gasteiger partial charge in [-0.25, -0.2) is 0 Å². The van der Waals surface area contributed by atoms with E-state index in [1.807, 2.05) is 17.9 Å². The van der Waals surface area contributed by atoms with Crippen molar-refractivity contribution in [3.05, 3.63) is 42.5 Å². The molecule has 0 spiro atoms. The van der Waals surface area contributed by atoms with Crippen LogP contribution in [-0.2, 0) is 9.53 Å². The molecule has 3 rings (SSSR count). The fourth-order valence-corrected chi connectivity index (χ4v) is 6.41. The van der Waals surface area contributed by atoms with Gasteiger partial charge in [0.1, 0.15) is 0 Å². The summed E-state index contributed by atoms with van der Waals surface area (Å²) >= 11 is 0.280. The van der Waals surface area contributed by atoms with Crippen LogP contribution in [0.15, 0.2) is 42.5 Å². The molecule has 3 nitrogen and oxygen atoms in total. The average molecular weight is 420 g/mol. The second-order valence-corrected chi connectivity index (χ2v) is 10.7. The Morgan fingerprint density at radius 3 is 2.65 bits per heavy atom. The number of rotatable bonds is 4. The van der Waals surface area contributed by atoms with Gasteiger partial charge in [-0.1, -0.05) is 0 Å². The molecule has 1 amide bonds. The van der Waals surface area contributed by atoms with Crippen LogP contribution < -0.4 is 4.46 Å². The van der Waals surface area contributed by atoms with E-state index in [0.717, 1.165) is 18.2 Å². The molecule has 4 heteroatoms. The summed E-state index contributed by atoms with van der Waals surface area (Å²) < 4.78 is 7.93. The van der Waals surface area contributed by atoms with Gasteiger partial charge in [0.15, 0.2) is 0 Å². The van der Waals surface area contributed by atoms with Gasteiger partial charge in [-0.2, -0.15) is 0 Å². The topological polar surface area (TPSA) is 29.5 Å². The van der Waals surface area contributed by atoms with Gasteiger partial charge >= 0.3 is 164 Å². The molecule has 1 aliphatic carbocycles. The Bertz CT molecular complexity index is 657. The molecule has 142 valence electrons. The van der Waals surface area contributed by atoms with Crippen molar-refractivity contribution >= 4 is 25.3 Å². The van der Waals surface area contributed by atoms with Crippen molar-refractivity contribution < 1.29 is 9.53 Å². The minimum absolute atomic E-state index is 0.0425. The molecular weight excluding hydrogens is 389 g/mol. The Hall–Kier alpha value is -1.09. The van der Waals surface area contributed by atoms with Crippen LogP contribution in [0.5, 0.6) is 0 Å². The third-order valence-corrected chi connectivity index (χ3v) is 8.14. The molecule has 1 aromatic carbocycles. The van der Waals surface area contributed by atoms with E-state index in [0.29, 0.717) is 17.4 Å². The zero-order valence-corrected chi connectivity index (χ0v) is 18.1. The molecule has 2 aliphatic rings. The molecule has 0 aromatic heterocycles. The fraction of sp³-hybridized carbons (Fsp3) is 0.591. The molecule has 1 aromatic rings. The van der Waals surface area contributed by atoms with Gasteiger partial charge in [0.2, 0.25) is 0 Å². The molecule has 0 bridgehead atoms. The van der Waals surface area contributed by atoms with Crippen molar-refractivity contribution in [2.24, 2.45) is 11.8 Å². The number of hydrogen-bond donors (Lipinski definition) is 0. The summed E-state index contributed by atoms with van der Waals surface area (Å²) in [7, 11) is 0. The van der Waals surface area contributed by atoms with Crippen molar-refractivity contribution in [2.45, 2.75) is 70.1 Å². The van der Waals surface area contributed by atoms with E-state index in [-0.39, 0.29) is 38.7 Å². The standard InChI is InChI=1S/C22H31NO2Se/c1-15(2)21(24)23-20(14-26-17-9-7-6-8-10-17)25-19-13-16(3)11-12-18(19)22(23,4)5/h6-10,16,18-20H,1,11-14H2,2-5H3/t16-,18-,19-,20+/m1/s1. The number of fused-ring (bicyclic) bond motifs is 1. The van der Waals surface area contributed by atoms with Crippen LogP contribution in [0.2, 0.25) is 5.32 Å². The molecule has 26 heavy (non-hydrogen) atoms. The van der Waals surface area contributed by atoms with Crippen LogP contribution >= 0.6 is 0 Å². The summed E-state index contributed by atoms with van der Waals surface area (Å²) in [5.74, 6) is 1.15. The minimum atomic E-state index is -0.198. The number of amides is 1. The zero-order chi connectivity index (χ0) is 18.9. The number of nitrogens with zero attached hydrogens (tertiary/aromatic N) is 1. The van der Waals surface area contributed by atoms with Gasteiger partial charge in [-0.3, -0.25) is 0 Å². The van der Waals surface area contributed by atoms with Crippen LogP contribution in [0.25, 0.3) is 0 Å². The van der Waals surface area contributed by atoms with Crippen LogP contribution in [0, 0.1) is 11.8 Å². The molecule has 1 aliphatic heterocycles. The molecule has 0 unspecified atom stereocenters. The van der Waals surface area contributed by atoms with Crippen molar-refractivity contribution in [3.8, 4) is 0 Å². The Labute approximate surface area is 164 Å². The van der Waals surface area contributed by atoms with Gasteiger partial charge in [-0.05, 0) is 0 Å². The summed E-state index contributed by atoms with van der Waals surface area (Å²) in [4.78, 5) is 15.0. The Morgan fingerprint density at radius 1 is 1.31 bits per heavy atom. The van der Waals surface area contributed by atoms with E-state index in [1.54, 1.807) is 0 Å². The normalized spacial score (nSPS) is 30.5. The predicted octanol–water partition coefficient (Wildman–Crippen LogP) is 3.78. The maximum atomic E-state index is 13.0. The molecule has 0 N–H and O–H groups in total. The van der Waals surface area contributed by atoms with Crippen LogP contribution in [0.4, 0.5) is 0 Å². The Kier molecular flexibility index (Phi) is 5.96.